The number of carbonyl (C=O) groups excluding carboxylic acids is 1. The summed E-state index contributed by atoms with van der Waals surface area (Å²) < 4.78 is 0. The van der Waals surface area contributed by atoms with Crippen LogP contribution in [-0.2, 0) is 4.79 Å². The molecule has 0 saturated heterocycles. The Morgan fingerprint density at radius 2 is 1.88 bits per heavy atom. The van der Waals surface area contributed by atoms with Gasteiger partial charge in [0.2, 0.25) is 5.91 Å². The Morgan fingerprint density at radius 1 is 1.12 bits per heavy atom. The van der Waals surface area contributed by atoms with Crippen LogP contribution in [-0.4, -0.2) is 32.9 Å². The first-order valence-corrected chi connectivity index (χ1v) is 9.61. The summed E-state index contributed by atoms with van der Waals surface area (Å²) in [5.41, 5.74) is 4.72. The van der Waals surface area contributed by atoms with Crippen molar-refractivity contribution < 1.29 is 4.79 Å². The van der Waals surface area contributed by atoms with Crippen LogP contribution in [0.3, 0.4) is 0 Å². The van der Waals surface area contributed by atoms with Gasteiger partial charge in [-0.2, -0.15) is 5.10 Å². The smallest absolute Gasteiger partial charge is 0.240 e. The van der Waals surface area contributed by atoms with Crippen LogP contribution in [0.4, 0.5) is 0 Å². The van der Waals surface area contributed by atoms with Crippen LogP contribution in [0.1, 0.15) is 30.5 Å². The fourth-order valence-corrected chi connectivity index (χ4v) is 3.91. The number of hydrogen-bond acceptors (Lipinski definition) is 5. The number of thioether (sulfide) groups is 1. The summed E-state index contributed by atoms with van der Waals surface area (Å²) in [5.74, 6) is -0.0640. The van der Waals surface area contributed by atoms with Gasteiger partial charge in [0, 0.05) is 36.2 Å². The van der Waals surface area contributed by atoms with Crippen molar-refractivity contribution in [3.63, 3.8) is 0 Å². The lowest BCUT2D eigenvalue weighted by atomic mass is 9.98. The van der Waals surface area contributed by atoms with Gasteiger partial charge < -0.3 is 0 Å². The molecule has 0 spiro atoms. The third-order valence-corrected chi connectivity index (χ3v) is 5.32. The average Bonchev–Trinajstić information content (AvgIpc) is 3.13. The molecule has 0 fully saturated rings. The summed E-state index contributed by atoms with van der Waals surface area (Å²) in [6.07, 6.45) is 6.10. The number of rotatable bonds is 3. The molecule has 1 aromatic heterocycles. The van der Waals surface area contributed by atoms with Gasteiger partial charge in [-0.05, 0) is 30.0 Å². The van der Waals surface area contributed by atoms with Crippen LogP contribution in [0.25, 0.3) is 11.0 Å². The molecule has 1 aliphatic heterocycles. The van der Waals surface area contributed by atoms with E-state index in [0.717, 1.165) is 27.9 Å². The normalized spacial score (nSPS) is 16.8. The minimum absolute atomic E-state index is 0.0640. The molecule has 26 heavy (non-hydrogen) atoms. The van der Waals surface area contributed by atoms with Gasteiger partial charge in [-0.25, -0.2) is 5.01 Å². The molecule has 0 unspecified atom stereocenters. The van der Waals surface area contributed by atoms with E-state index in [1.54, 1.807) is 36.1 Å². The first-order chi connectivity index (χ1) is 12.7. The fraction of sp³-hybridized carbons (Fsp3) is 0.200. The predicted molar refractivity (Wildman–Crippen MR) is 104 cm³/mol. The van der Waals surface area contributed by atoms with Crippen molar-refractivity contribution in [3.8, 4) is 0 Å². The molecule has 0 aliphatic carbocycles. The van der Waals surface area contributed by atoms with Crippen molar-refractivity contribution >= 4 is 34.4 Å². The van der Waals surface area contributed by atoms with Gasteiger partial charge in [-0.3, -0.25) is 14.8 Å². The second-order valence-electron chi connectivity index (χ2n) is 6.13. The number of amides is 1. The van der Waals surface area contributed by atoms with Crippen LogP contribution in [0.2, 0.25) is 0 Å². The second-order valence-corrected chi connectivity index (χ2v) is 6.98. The van der Waals surface area contributed by atoms with Crippen molar-refractivity contribution in [2.24, 2.45) is 5.10 Å². The highest BCUT2D eigenvalue weighted by Gasteiger charge is 2.32. The lowest BCUT2D eigenvalue weighted by Crippen LogP contribution is -2.24. The van der Waals surface area contributed by atoms with Crippen LogP contribution in [0.15, 0.2) is 64.9 Å². The highest BCUT2D eigenvalue weighted by atomic mass is 32.2. The summed E-state index contributed by atoms with van der Waals surface area (Å²) in [6.45, 7) is 1.56. The molecule has 5 nitrogen and oxygen atoms in total. The molecule has 1 aliphatic rings. The van der Waals surface area contributed by atoms with Crippen molar-refractivity contribution in [2.75, 3.05) is 6.26 Å². The number of aromatic nitrogens is 2. The number of hydrazone groups is 1. The van der Waals surface area contributed by atoms with E-state index < -0.39 is 0 Å². The largest absolute Gasteiger partial charge is 0.273 e. The zero-order chi connectivity index (χ0) is 18.1. The highest BCUT2D eigenvalue weighted by molar-refractivity contribution is 7.98. The summed E-state index contributed by atoms with van der Waals surface area (Å²) >= 11 is 1.69. The topological polar surface area (TPSA) is 58.5 Å². The molecule has 0 N–H and O–H groups in total. The Kier molecular flexibility index (Phi) is 4.42. The molecule has 4 rings (SSSR count). The number of nitrogens with zero attached hydrogens (tertiary/aromatic N) is 4. The van der Waals surface area contributed by atoms with Crippen molar-refractivity contribution in [1.82, 2.24) is 15.0 Å². The quantitative estimate of drug-likeness (QED) is 0.660. The van der Waals surface area contributed by atoms with Crippen molar-refractivity contribution in [2.45, 2.75) is 24.3 Å². The van der Waals surface area contributed by atoms with Crippen molar-refractivity contribution in [1.29, 1.82) is 0 Å². The molecule has 0 bridgehead atoms. The minimum atomic E-state index is -0.121. The molecule has 0 saturated carbocycles. The van der Waals surface area contributed by atoms with E-state index in [-0.39, 0.29) is 11.9 Å². The number of fused-ring (bicyclic) bond motifs is 1. The third kappa shape index (κ3) is 2.97. The number of benzene rings is 2. The Morgan fingerprint density at radius 3 is 2.65 bits per heavy atom. The van der Waals surface area contributed by atoms with Crippen LogP contribution >= 0.6 is 11.8 Å². The average molecular weight is 362 g/mol. The van der Waals surface area contributed by atoms with E-state index >= 15 is 0 Å². The molecule has 6 heteroatoms. The monoisotopic (exact) mass is 362 g/mol. The molecular weight excluding hydrogens is 344 g/mol. The van der Waals surface area contributed by atoms with Gasteiger partial charge in [0.05, 0.1) is 22.8 Å². The lowest BCUT2D eigenvalue weighted by molar-refractivity contribution is -0.130. The standard InChI is InChI=1S/C20H18N4OS/c1-13(25)24-19(14-7-8-16-18(11-14)22-10-9-21-16)12-17(23-24)15-5-3-4-6-20(15)26-2/h3-11,19H,12H2,1-2H3/t19-/m1/s1. The molecule has 1 atom stereocenters. The highest BCUT2D eigenvalue weighted by Crippen LogP contribution is 2.35. The minimum Gasteiger partial charge on any atom is -0.273 e. The summed E-state index contributed by atoms with van der Waals surface area (Å²) in [5, 5.41) is 6.24. The Labute approximate surface area is 156 Å². The lowest BCUT2D eigenvalue weighted by Gasteiger charge is -2.20. The van der Waals surface area contributed by atoms with Gasteiger partial charge in [0.1, 0.15) is 0 Å². The summed E-state index contributed by atoms with van der Waals surface area (Å²) in [4.78, 5) is 22.1. The van der Waals surface area contributed by atoms with Crippen molar-refractivity contribution in [3.05, 3.63) is 66.0 Å². The van der Waals surface area contributed by atoms with E-state index in [1.165, 1.54) is 4.90 Å². The fourth-order valence-electron chi connectivity index (χ4n) is 3.29. The summed E-state index contributed by atoms with van der Waals surface area (Å²) in [7, 11) is 0. The van der Waals surface area contributed by atoms with Crippen LogP contribution in [0, 0.1) is 0 Å². The Balaban J connectivity index is 1.74. The molecule has 130 valence electrons. The van der Waals surface area contributed by atoms with Gasteiger partial charge in [0.25, 0.3) is 0 Å². The van der Waals surface area contributed by atoms with E-state index in [0.29, 0.717) is 6.42 Å². The van der Waals surface area contributed by atoms with Gasteiger partial charge in [-0.15, -0.1) is 11.8 Å². The zero-order valence-corrected chi connectivity index (χ0v) is 15.4. The SMILES string of the molecule is CSc1ccccc1C1=NN(C(C)=O)[C@@H](c2ccc3nccnc3c2)C1. The zero-order valence-electron chi connectivity index (χ0n) is 14.6. The van der Waals surface area contributed by atoms with E-state index in [4.69, 9.17) is 0 Å². The third-order valence-electron chi connectivity index (χ3n) is 4.53. The number of hydrogen-bond donors (Lipinski definition) is 0. The first kappa shape index (κ1) is 16.7. The second kappa shape index (κ2) is 6.88. The van der Waals surface area contributed by atoms with Crippen LogP contribution < -0.4 is 0 Å². The molecule has 3 aromatic rings. The Bertz CT molecular complexity index is 1020. The molecule has 0 radical (unpaired) electrons. The molecule has 2 heterocycles. The molecular formula is C20H18N4OS. The van der Waals surface area contributed by atoms with Gasteiger partial charge >= 0.3 is 0 Å². The first-order valence-electron chi connectivity index (χ1n) is 8.38. The van der Waals surface area contributed by atoms with Gasteiger partial charge in [-0.1, -0.05) is 24.3 Å². The van der Waals surface area contributed by atoms with Gasteiger partial charge in [0.15, 0.2) is 0 Å². The molecule has 1 amide bonds. The molecule has 2 aromatic carbocycles. The maximum Gasteiger partial charge on any atom is 0.240 e. The van der Waals surface area contributed by atoms with E-state index in [1.807, 2.05) is 30.3 Å². The predicted octanol–water partition coefficient (Wildman–Crippen LogP) is 4.05. The van der Waals surface area contributed by atoms with E-state index in [2.05, 4.69) is 33.5 Å². The summed E-state index contributed by atoms with van der Waals surface area (Å²) in [6, 6.07) is 14.0. The number of carbonyl (C=O) groups is 1. The Hall–Kier alpha value is -2.73. The maximum absolute atomic E-state index is 12.2. The van der Waals surface area contributed by atoms with Crippen LogP contribution in [0.5, 0.6) is 0 Å². The van der Waals surface area contributed by atoms with E-state index in [9.17, 15) is 4.79 Å². The maximum atomic E-state index is 12.2.